The molecule has 0 saturated heterocycles. The van der Waals surface area contributed by atoms with Gasteiger partial charge in [0.2, 0.25) is 0 Å². The van der Waals surface area contributed by atoms with Gasteiger partial charge >= 0.3 is 5.97 Å². The summed E-state index contributed by atoms with van der Waals surface area (Å²) in [5.41, 5.74) is 9.00. The van der Waals surface area contributed by atoms with Gasteiger partial charge in [0.25, 0.3) is 0 Å². The smallest absolute Gasteiger partial charge is 0.335 e. The molecule has 14 heavy (non-hydrogen) atoms. The number of aromatic carboxylic acids is 1. The van der Waals surface area contributed by atoms with Crippen molar-refractivity contribution in [2.45, 2.75) is 0 Å². The molecule has 0 aliphatic carbocycles. The van der Waals surface area contributed by atoms with Gasteiger partial charge in [-0.1, -0.05) is 23.3 Å². The topological polar surface area (TPSA) is 86.1 Å². The zero-order valence-electron chi connectivity index (χ0n) is 7.16. The summed E-state index contributed by atoms with van der Waals surface area (Å²) in [4.78, 5) is 13.0. The third-order valence-corrected chi connectivity index (χ3v) is 1.54. The molecule has 0 saturated carbocycles. The van der Waals surface area contributed by atoms with E-state index in [4.69, 9.17) is 10.6 Å². The minimum atomic E-state index is -0.962. The van der Waals surface area contributed by atoms with Crippen LogP contribution in [0, 0.1) is 0 Å². The lowest BCUT2D eigenvalue weighted by molar-refractivity contribution is 0.0697. The number of hydrogen-bond donors (Lipinski definition) is 1. The third kappa shape index (κ3) is 2.66. The predicted molar refractivity (Wildman–Crippen MR) is 51.6 cm³/mol. The molecule has 0 aliphatic rings. The Kier molecular flexibility index (Phi) is 3.29. The van der Waals surface area contributed by atoms with E-state index in [2.05, 4.69) is 10.0 Å². The molecule has 5 heteroatoms. The van der Waals surface area contributed by atoms with Gasteiger partial charge in [0.15, 0.2) is 0 Å². The van der Waals surface area contributed by atoms with Crippen molar-refractivity contribution in [2.24, 2.45) is 5.11 Å². The highest BCUT2D eigenvalue weighted by Gasteiger charge is 1.99. The Balaban J connectivity index is 2.83. The van der Waals surface area contributed by atoms with Crippen molar-refractivity contribution in [3.63, 3.8) is 0 Å². The van der Waals surface area contributed by atoms with Crippen LogP contribution < -0.4 is 0 Å². The molecule has 70 valence electrons. The molecule has 1 rings (SSSR count). The average Bonchev–Trinajstić information content (AvgIpc) is 2.19. The zero-order chi connectivity index (χ0) is 10.4. The van der Waals surface area contributed by atoms with Crippen molar-refractivity contribution in [3.05, 3.63) is 52.0 Å². The molecule has 0 atom stereocenters. The van der Waals surface area contributed by atoms with Crippen LogP contribution in [0.3, 0.4) is 0 Å². The number of rotatable bonds is 3. The van der Waals surface area contributed by atoms with Crippen molar-refractivity contribution in [1.82, 2.24) is 0 Å². The fourth-order valence-corrected chi connectivity index (χ4v) is 0.886. The van der Waals surface area contributed by atoms with E-state index in [1.165, 1.54) is 18.3 Å². The number of carbonyl (C=O) groups is 1. The van der Waals surface area contributed by atoms with Gasteiger partial charge in [-0.05, 0) is 23.2 Å². The Hall–Kier alpha value is -2.26. The van der Waals surface area contributed by atoms with Crippen molar-refractivity contribution >= 4 is 12.0 Å². The summed E-state index contributed by atoms with van der Waals surface area (Å²) in [6, 6.07) is 6.23. The van der Waals surface area contributed by atoms with E-state index in [1.54, 1.807) is 18.2 Å². The van der Waals surface area contributed by atoms with Crippen LogP contribution in [0.4, 0.5) is 0 Å². The van der Waals surface area contributed by atoms with E-state index in [9.17, 15) is 4.79 Å². The van der Waals surface area contributed by atoms with Crippen LogP contribution in [0.25, 0.3) is 16.5 Å². The van der Waals surface area contributed by atoms with Gasteiger partial charge in [-0.15, -0.1) is 0 Å². The Morgan fingerprint density at radius 2 is 2.07 bits per heavy atom. The molecular weight excluding hydrogens is 182 g/mol. The summed E-state index contributed by atoms with van der Waals surface area (Å²) in [5.74, 6) is -0.962. The second-order valence-electron chi connectivity index (χ2n) is 2.45. The first kappa shape index (κ1) is 9.83. The first-order valence-electron chi connectivity index (χ1n) is 3.78. The molecule has 1 aromatic rings. The van der Waals surface area contributed by atoms with E-state index in [1.807, 2.05) is 0 Å². The van der Waals surface area contributed by atoms with E-state index >= 15 is 0 Å². The Bertz CT molecular complexity index is 403. The van der Waals surface area contributed by atoms with Gasteiger partial charge in [0.05, 0.1) is 5.56 Å². The van der Waals surface area contributed by atoms with Crippen molar-refractivity contribution in [3.8, 4) is 0 Å². The highest BCUT2D eigenvalue weighted by molar-refractivity contribution is 5.87. The quantitative estimate of drug-likeness (QED) is 0.450. The van der Waals surface area contributed by atoms with E-state index in [0.717, 1.165) is 5.56 Å². The monoisotopic (exact) mass is 189 g/mol. The second kappa shape index (κ2) is 4.69. The molecule has 1 N–H and O–H groups in total. The van der Waals surface area contributed by atoms with Crippen LogP contribution in [0.1, 0.15) is 15.9 Å². The van der Waals surface area contributed by atoms with Crippen LogP contribution in [0.5, 0.6) is 0 Å². The minimum absolute atomic E-state index is 0.228. The van der Waals surface area contributed by atoms with Gasteiger partial charge in [-0.25, -0.2) is 4.79 Å². The lowest BCUT2D eigenvalue weighted by Gasteiger charge is -1.94. The maximum atomic E-state index is 10.5. The van der Waals surface area contributed by atoms with Crippen LogP contribution in [-0.4, -0.2) is 11.1 Å². The summed E-state index contributed by atoms with van der Waals surface area (Å²) in [6.45, 7) is 0. The molecular formula is C9H7N3O2. The van der Waals surface area contributed by atoms with Crippen molar-refractivity contribution < 1.29 is 9.90 Å². The van der Waals surface area contributed by atoms with Crippen LogP contribution in [0.2, 0.25) is 0 Å². The molecule has 0 radical (unpaired) electrons. The van der Waals surface area contributed by atoms with E-state index < -0.39 is 5.97 Å². The normalized spacial score (nSPS) is 9.71. The Morgan fingerprint density at radius 1 is 1.43 bits per heavy atom. The van der Waals surface area contributed by atoms with Gasteiger partial charge in [0.1, 0.15) is 0 Å². The largest absolute Gasteiger partial charge is 0.478 e. The summed E-state index contributed by atoms with van der Waals surface area (Å²) in [7, 11) is 0. The number of carboxylic acid groups (broad SMARTS) is 1. The minimum Gasteiger partial charge on any atom is -0.478 e. The molecule has 0 aliphatic heterocycles. The lowest BCUT2D eigenvalue weighted by atomic mass is 10.1. The molecule has 0 heterocycles. The molecule has 5 nitrogen and oxygen atoms in total. The number of hydrogen-bond acceptors (Lipinski definition) is 2. The SMILES string of the molecule is [N-]=[N+]=N/C=C/c1ccc(C(=O)O)cc1. The predicted octanol–water partition coefficient (Wildman–Crippen LogP) is 2.67. The van der Waals surface area contributed by atoms with Gasteiger partial charge in [-0.3, -0.25) is 0 Å². The maximum absolute atomic E-state index is 10.5. The van der Waals surface area contributed by atoms with Crippen LogP contribution in [-0.2, 0) is 0 Å². The maximum Gasteiger partial charge on any atom is 0.335 e. The van der Waals surface area contributed by atoms with Crippen LogP contribution >= 0.6 is 0 Å². The van der Waals surface area contributed by atoms with E-state index in [0.29, 0.717) is 0 Å². The number of carboxylic acids is 1. The highest BCUT2D eigenvalue weighted by atomic mass is 16.4. The Morgan fingerprint density at radius 3 is 2.57 bits per heavy atom. The number of nitrogens with zero attached hydrogens (tertiary/aromatic N) is 3. The van der Waals surface area contributed by atoms with Crippen molar-refractivity contribution in [2.75, 3.05) is 0 Å². The summed E-state index contributed by atoms with van der Waals surface area (Å²) in [5, 5.41) is 11.8. The fourth-order valence-electron chi connectivity index (χ4n) is 0.886. The summed E-state index contributed by atoms with van der Waals surface area (Å²) >= 11 is 0. The number of benzene rings is 1. The first-order chi connectivity index (χ1) is 6.74. The summed E-state index contributed by atoms with van der Waals surface area (Å²) < 4.78 is 0. The molecule has 0 unspecified atom stereocenters. The highest BCUT2D eigenvalue weighted by Crippen LogP contribution is 2.06. The Labute approximate surface area is 79.9 Å². The van der Waals surface area contributed by atoms with E-state index in [-0.39, 0.29) is 5.56 Å². The molecule has 0 spiro atoms. The van der Waals surface area contributed by atoms with Gasteiger partial charge in [-0.2, -0.15) is 0 Å². The standard InChI is InChI=1S/C9H7N3O2/c10-12-11-6-5-7-1-3-8(4-2-7)9(13)14/h1-6H,(H,13,14)/b6-5+. The molecule has 0 fully saturated rings. The molecule has 0 aromatic heterocycles. The van der Waals surface area contributed by atoms with Gasteiger partial charge < -0.3 is 5.11 Å². The molecule has 1 aromatic carbocycles. The zero-order valence-corrected chi connectivity index (χ0v) is 7.16. The van der Waals surface area contributed by atoms with Gasteiger partial charge in [0, 0.05) is 11.1 Å². The van der Waals surface area contributed by atoms with Crippen molar-refractivity contribution in [1.29, 1.82) is 0 Å². The van der Waals surface area contributed by atoms with Crippen LogP contribution in [0.15, 0.2) is 35.6 Å². The molecule has 0 amide bonds. The second-order valence-corrected chi connectivity index (χ2v) is 2.45. The lowest BCUT2D eigenvalue weighted by Crippen LogP contribution is -1.94. The number of azide groups is 1. The average molecular weight is 189 g/mol. The molecule has 0 bridgehead atoms. The third-order valence-electron chi connectivity index (χ3n) is 1.54. The first-order valence-corrected chi connectivity index (χ1v) is 3.78. The summed E-state index contributed by atoms with van der Waals surface area (Å²) in [6.07, 6.45) is 2.89. The fraction of sp³-hybridized carbons (Fsp3) is 0.